The first-order valence-corrected chi connectivity index (χ1v) is 8.02. The fraction of sp³-hybridized carbons (Fsp3) is 0.471. The molecule has 1 aromatic carbocycles. The van der Waals surface area contributed by atoms with Crippen molar-refractivity contribution in [2.45, 2.75) is 39.9 Å². The van der Waals surface area contributed by atoms with Crippen molar-refractivity contribution < 1.29 is 0 Å². The van der Waals surface area contributed by atoms with Gasteiger partial charge in [-0.05, 0) is 43.5 Å². The van der Waals surface area contributed by atoms with Crippen molar-refractivity contribution in [3.63, 3.8) is 0 Å². The third-order valence-corrected chi connectivity index (χ3v) is 5.38. The zero-order valence-corrected chi connectivity index (χ0v) is 14.4. The van der Waals surface area contributed by atoms with Gasteiger partial charge in [-0.3, -0.25) is 9.58 Å². The molecule has 1 aliphatic heterocycles. The molecule has 1 aliphatic rings. The summed E-state index contributed by atoms with van der Waals surface area (Å²) in [6.45, 7) is 8.69. The Morgan fingerprint density at radius 1 is 1.32 bits per heavy atom. The van der Waals surface area contributed by atoms with E-state index in [-0.39, 0.29) is 6.04 Å². The molecule has 0 saturated heterocycles. The van der Waals surface area contributed by atoms with Gasteiger partial charge in [0.15, 0.2) is 0 Å². The lowest BCUT2D eigenvalue weighted by atomic mass is 10.0. The summed E-state index contributed by atoms with van der Waals surface area (Å²) in [5.74, 6) is 0. The highest BCUT2D eigenvalue weighted by atomic mass is 35.5. The third-order valence-electron chi connectivity index (χ3n) is 4.97. The lowest BCUT2D eigenvalue weighted by molar-refractivity contribution is 0.210. The number of nitrogens with zero attached hydrogens (tertiary/aromatic N) is 3. The molecule has 0 bridgehead atoms. The van der Waals surface area contributed by atoms with Crippen LogP contribution in [0.2, 0.25) is 5.02 Å². The summed E-state index contributed by atoms with van der Waals surface area (Å²) in [6, 6.07) is 4.37. The third kappa shape index (κ3) is 2.35. The maximum atomic E-state index is 6.28. The van der Waals surface area contributed by atoms with E-state index in [1.54, 1.807) is 0 Å². The van der Waals surface area contributed by atoms with Gasteiger partial charge in [0.05, 0.1) is 5.69 Å². The molecule has 3 rings (SSSR count). The van der Waals surface area contributed by atoms with Crippen LogP contribution in [0.4, 0.5) is 0 Å². The van der Waals surface area contributed by atoms with E-state index in [1.165, 1.54) is 27.9 Å². The van der Waals surface area contributed by atoms with E-state index in [0.717, 1.165) is 23.8 Å². The molecule has 2 heterocycles. The highest BCUT2D eigenvalue weighted by Gasteiger charge is 2.31. The van der Waals surface area contributed by atoms with E-state index in [4.69, 9.17) is 17.3 Å². The molecular formula is C17H23ClN4. The van der Waals surface area contributed by atoms with Crippen molar-refractivity contribution in [3.8, 4) is 0 Å². The minimum absolute atomic E-state index is 0.255. The Morgan fingerprint density at radius 2 is 2.05 bits per heavy atom. The highest BCUT2D eigenvalue weighted by Crippen LogP contribution is 2.38. The molecule has 22 heavy (non-hydrogen) atoms. The van der Waals surface area contributed by atoms with Gasteiger partial charge in [-0.2, -0.15) is 5.10 Å². The van der Waals surface area contributed by atoms with Crippen LogP contribution in [0.1, 0.15) is 39.7 Å². The lowest BCUT2D eigenvalue weighted by Crippen LogP contribution is -2.28. The van der Waals surface area contributed by atoms with Crippen LogP contribution < -0.4 is 5.73 Å². The molecule has 0 amide bonds. The van der Waals surface area contributed by atoms with Gasteiger partial charge in [-0.25, -0.2) is 0 Å². The smallest absolute Gasteiger partial charge is 0.0641 e. The summed E-state index contributed by atoms with van der Waals surface area (Å²) in [7, 11) is 1.99. The first-order chi connectivity index (χ1) is 10.4. The van der Waals surface area contributed by atoms with Crippen LogP contribution in [0.5, 0.6) is 0 Å². The zero-order chi connectivity index (χ0) is 16.0. The van der Waals surface area contributed by atoms with E-state index in [9.17, 15) is 0 Å². The van der Waals surface area contributed by atoms with Crippen LogP contribution in [0, 0.1) is 20.8 Å². The second-order valence-corrected chi connectivity index (χ2v) is 6.58. The van der Waals surface area contributed by atoms with Crippen LogP contribution in [0.3, 0.4) is 0 Å². The number of aryl methyl sites for hydroxylation is 2. The van der Waals surface area contributed by atoms with Gasteiger partial charge < -0.3 is 5.73 Å². The van der Waals surface area contributed by atoms with Gasteiger partial charge in [-0.15, -0.1) is 0 Å². The van der Waals surface area contributed by atoms with E-state index < -0.39 is 0 Å². The number of fused-ring (bicyclic) bond motifs is 1. The number of nitrogens with two attached hydrogens (primary N) is 1. The Balaban J connectivity index is 1.95. The highest BCUT2D eigenvalue weighted by molar-refractivity contribution is 6.31. The molecule has 1 unspecified atom stereocenters. The van der Waals surface area contributed by atoms with Crippen LogP contribution in [0.25, 0.3) is 0 Å². The molecule has 4 nitrogen and oxygen atoms in total. The van der Waals surface area contributed by atoms with Crippen molar-refractivity contribution in [2.75, 3.05) is 6.54 Å². The normalized spacial score (nSPS) is 18.0. The van der Waals surface area contributed by atoms with Gasteiger partial charge in [-0.1, -0.05) is 17.7 Å². The molecule has 0 spiro atoms. The SMILES string of the molecule is Cc1nn(C)c(C)c1CN1Cc2c(ccc(Cl)c2C)C1CN. The fourth-order valence-corrected chi connectivity index (χ4v) is 3.65. The summed E-state index contributed by atoms with van der Waals surface area (Å²) in [5, 5.41) is 5.36. The largest absolute Gasteiger partial charge is 0.329 e. The minimum Gasteiger partial charge on any atom is -0.329 e. The van der Waals surface area contributed by atoms with Crippen LogP contribution in [-0.4, -0.2) is 21.2 Å². The molecule has 0 saturated carbocycles. The van der Waals surface area contributed by atoms with E-state index in [1.807, 2.05) is 17.8 Å². The molecule has 0 aliphatic carbocycles. The summed E-state index contributed by atoms with van der Waals surface area (Å²) in [6.07, 6.45) is 0. The van der Waals surface area contributed by atoms with Crippen molar-refractivity contribution in [2.24, 2.45) is 12.8 Å². The minimum atomic E-state index is 0.255. The number of hydrogen-bond donors (Lipinski definition) is 1. The predicted molar refractivity (Wildman–Crippen MR) is 89.9 cm³/mol. The molecule has 5 heteroatoms. The molecule has 0 radical (unpaired) electrons. The molecule has 1 aromatic heterocycles. The van der Waals surface area contributed by atoms with Gasteiger partial charge >= 0.3 is 0 Å². The molecule has 118 valence electrons. The Hall–Kier alpha value is -1.36. The maximum Gasteiger partial charge on any atom is 0.0641 e. The maximum absolute atomic E-state index is 6.28. The summed E-state index contributed by atoms with van der Waals surface area (Å²) >= 11 is 6.28. The summed E-state index contributed by atoms with van der Waals surface area (Å²) in [5.41, 5.74) is 13.5. The average Bonchev–Trinajstić information content (AvgIpc) is 2.96. The Kier molecular flexibility index (Phi) is 4.02. The number of halogens is 1. The number of hydrogen-bond acceptors (Lipinski definition) is 3. The Bertz CT molecular complexity index is 720. The lowest BCUT2D eigenvalue weighted by Gasteiger charge is -2.24. The molecule has 2 N–H and O–H groups in total. The first kappa shape index (κ1) is 15.5. The molecule has 1 atom stereocenters. The van der Waals surface area contributed by atoms with Crippen molar-refractivity contribution in [3.05, 3.63) is 50.8 Å². The van der Waals surface area contributed by atoms with Gasteiger partial charge in [0, 0.05) is 49.0 Å². The standard InChI is InChI=1S/C17H23ClN4/c1-10-14-8-22(9-15-11(2)20-21(4)12(15)3)17(7-19)13(14)5-6-16(10)18/h5-6,17H,7-9,19H2,1-4H3. The molecule has 2 aromatic rings. The van der Waals surface area contributed by atoms with Crippen LogP contribution in [0.15, 0.2) is 12.1 Å². The van der Waals surface area contributed by atoms with E-state index >= 15 is 0 Å². The average molecular weight is 319 g/mol. The monoisotopic (exact) mass is 318 g/mol. The topological polar surface area (TPSA) is 47.1 Å². The quantitative estimate of drug-likeness (QED) is 0.946. The number of benzene rings is 1. The zero-order valence-electron chi connectivity index (χ0n) is 13.7. The van der Waals surface area contributed by atoms with Crippen LogP contribution >= 0.6 is 11.6 Å². The first-order valence-electron chi connectivity index (χ1n) is 7.65. The number of rotatable bonds is 3. The van der Waals surface area contributed by atoms with Gasteiger partial charge in [0.1, 0.15) is 0 Å². The van der Waals surface area contributed by atoms with Gasteiger partial charge in [0.2, 0.25) is 0 Å². The predicted octanol–water partition coefficient (Wildman–Crippen LogP) is 3.01. The van der Waals surface area contributed by atoms with Crippen molar-refractivity contribution in [1.29, 1.82) is 0 Å². The molecule has 0 fully saturated rings. The van der Waals surface area contributed by atoms with Crippen molar-refractivity contribution in [1.82, 2.24) is 14.7 Å². The van der Waals surface area contributed by atoms with Gasteiger partial charge in [0.25, 0.3) is 0 Å². The second-order valence-electron chi connectivity index (χ2n) is 6.17. The number of aromatic nitrogens is 2. The summed E-state index contributed by atoms with van der Waals surface area (Å²) < 4.78 is 1.95. The van der Waals surface area contributed by atoms with Crippen LogP contribution in [-0.2, 0) is 20.1 Å². The Labute approximate surface area is 136 Å². The van der Waals surface area contributed by atoms with Crippen molar-refractivity contribution >= 4 is 11.6 Å². The fourth-order valence-electron chi connectivity index (χ4n) is 3.47. The molecular weight excluding hydrogens is 296 g/mol. The Morgan fingerprint density at radius 3 is 2.64 bits per heavy atom. The van der Waals surface area contributed by atoms with E-state index in [2.05, 4.69) is 36.8 Å². The second kappa shape index (κ2) is 5.69. The summed E-state index contributed by atoms with van der Waals surface area (Å²) in [4.78, 5) is 2.44. The van der Waals surface area contributed by atoms with E-state index in [0.29, 0.717) is 6.54 Å².